The molecule has 0 fully saturated rings. The minimum atomic E-state index is -0.118. The van der Waals surface area contributed by atoms with E-state index in [1.807, 2.05) is 25.1 Å². The van der Waals surface area contributed by atoms with Crippen LogP contribution in [0.4, 0.5) is 0 Å². The Morgan fingerprint density at radius 1 is 1.32 bits per heavy atom. The maximum Gasteiger partial charge on any atom is 0.251 e. The number of nitrogens with one attached hydrogen (secondary N) is 1. The van der Waals surface area contributed by atoms with Crippen molar-refractivity contribution in [3.05, 3.63) is 63.3 Å². The monoisotopic (exact) mass is 293 g/mol. The minimum Gasteiger partial charge on any atom is -0.307 e. The fourth-order valence-electron chi connectivity index (χ4n) is 2.24. The Labute approximate surface area is 130 Å². The molecule has 0 unspecified atom stereocenters. The van der Waals surface area contributed by atoms with E-state index in [1.165, 1.54) is 0 Å². The highest BCUT2D eigenvalue weighted by atomic mass is 16.1. The van der Waals surface area contributed by atoms with Crippen LogP contribution in [0.3, 0.4) is 0 Å². The topological polar surface area (TPSA) is 69.5 Å². The fraction of sp³-hybridized carbons (Fsp3) is 0.278. The van der Waals surface area contributed by atoms with Gasteiger partial charge in [-0.2, -0.15) is 5.26 Å². The van der Waals surface area contributed by atoms with Crippen LogP contribution in [0.15, 0.2) is 35.1 Å². The number of hydrogen-bond acceptors (Lipinski definition) is 3. The Balaban J connectivity index is 2.40. The molecule has 0 bridgehead atoms. The number of aromatic amines is 1. The SMILES string of the molecule is CCCc1cc(=O)[nH]c(C(=Cc2ccc(C#N)cc2)CC)n1. The van der Waals surface area contributed by atoms with Gasteiger partial charge in [0.15, 0.2) is 0 Å². The van der Waals surface area contributed by atoms with Crippen molar-refractivity contribution in [1.82, 2.24) is 9.97 Å². The average Bonchev–Trinajstić information content (AvgIpc) is 2.53. The maximum atomic E-state index is 11.8. The van der Waals surface area contributed by atoms with Crippen molar-refractivity contribution in [3.8, 4) is 6.07 Å². The van der Waals surface area contributed by atoms with Crippen LogP contribution in [0, 0.1) is 11.3 Å². The Morgan fingerprint density at radius 3 is 2.64 bits per heavy atom. The van der Waals surface area contributed by atoms with Gasteiger partial charge in [-0.3, -0.25) is 4.79 Å². The van der Waals surface area contributed by atoms with E-state index in [-0.39, 0.29) is 5.56 Å². The third kappa shape index (κ3) is 3.92. The summed E-state index contributed by atoms with van der Waals surface area (Å²) >= 11 is 0. The van der Waals surface area contributed by atoms with E-state index in [0.717, 1.165) is 36.1 Å². The Kier molecular flexibility index (Phi) is 5.26. The molecule has 0 saturated heterocycles. The van der Waals surface area contributed by atoms with Crippen LogP contribution in [0.2, 0.25) is 0 Å². The molecule has 0 amide bonds. The lowest BCUT2D eigenvalue weighted by Gasteiger charge is -2.07. The van der Waals surface area contributed by atoms with E-state index >= 15 is 0 Å². The van der Waals surface area contributed by atoms with Crippen LogP contribution in [-0.2, 0) is 6.42 Å². The molecule has 112 valence electrons. The summed E-state index contributed by atoms with van der Waals surface area (Å²) in [5.74, 6) is 0.628. The van der Waals surface area contributed by atoms with Gasteiger partial charge < -0.3 is 4.98 Å². The van der Waals surface area contributed by atoms with E-state index in [4.69, 9.17) is 5.26 Å². The summed E-state index contributed by atoms with van der Waals surface area (Å²) < 4.78 is 0. The zero-order valence-electron chi connectivity index (χ0n) is 12.9. The van der Waals surface area contributed by atoms with Gasteiger partial charge in [0, 0.05) is 11.8 Å². The number of benzene rings is 1. The highest BCUT2D eigenvalue weighted by molar-refractivity contribution is 5.78. The molecule has 1 N–H and O–H groups in total. The van der Waals surface area contributed by atoms with Crippen molar-refractivity contribution in [2.24, 2.45) is 0 Å². The van der Waals surface area contributed by atoms with Gasteiger partial charge >= 0.3 is 0 Å². The molecule has 0 aliphatic carbocycles. The number of allylic oxidation sites excluding steroid dienone is 1. The number of aryl methyl sites for hydroxylation is 1. The number of H-pyrrole nitrogens is 1. The molecule has 4 heteroatoms. The molecule has 1 aromatic carbocycles. The van der Waals surface area contributed by atoms with E-state index in [9.17, 15) is 4.79 Å². The Hall–Kier alpha value is -2.67. The second-order valence-electron chi connectivity index (χ2n) is 5.09. The first-order valence-corrected chi connectivity index (χ1v) is 7.47. The third-order valence-electron chi connectivity index (χ3n) is 3.37. The Bertz CT molecular complexity index is 764. The van der Waals surface area contributed by atoms with E-state index in [2.05, 4.69) is 23.0 Å². The van der Waals surface area contributed by atoms with Gasteiger partial charge in [0.25, 0.3) is 5.56 Å². The first-order valence-electron chi connectivity index (χ1n) is 7.47. The van der Waals surface area contributed by atoms with E-state index in [1.54, 1.807) is 18.2 Å². The van der Waals surface area contributed by atoms with Crippen molar-refractivity contribution in [2.45, 2.75) is 33.1 Å². The largest absolute Gasteiger partial charge is 0.307 e. The molecular formula is C18H19N3O. The summed E-state index contributed by atoms with van der Waals surface area (Å²) in [4.78, 5) is 19.1. The first-order chi connectivity index (χ1) is 10.7. The van der Waals surface area contributed by atoms with Crippen molar-refractivity contribution < 1.29 is 0 Å². The third-order valence-corrected chi connectivity index (χ3v) is 3.37. The van der Waals surface area contributed by atoms with Gasteiger partial charge in [0.1, 0.15) is 5.82 Å². The van der Waals surface area contributed by atoms with E-state index < -0.39 is 0 Å². The summed E-state index contributed by atoms with van der Waals surface area (Å²) in [6.07, 6.45) is 4.51. The maximum absolute atomic E-state index is 11.8. The smallest absolute Gasteiger partial charge is 0.251 e. The zero-order valence-corrected chi connectivity index (χ0v) is 12.9. The van der Waals surface area contributed by atoms with Crippen LogP contribution in [-0.4, -0.2) is 9.97 Å². The van der Waals surface area contributed by atoms with Crippen molar-refractivity contribution in [3.63, 3.8) is 0 Å². The number of nitrogens with zero attached hydrogens (tertiary/aromatic N) is 2. The van der Waals surface area contributed by atoms with Gasteiger partial charge in [0.05, 0.1) is 11.6 Å². The molecule has 2 rings (SSSR count). The predicted octanol–water partition coefficient (Wildman–Crippen LogP) is 3.54. The molecule has 0 atom stereocenters. The van der Waals surface area contributed by atoms with Crippen molar-refractivity contribution >= 4 is 11.6 Å². The van der Waals surface area contributed by atoms with Crippen LogP contribution in [0.1, 0.15) is 49.3 Å². The lowest BCUT2D eigenvalue weighted by molar-refractivity contribution is 0.857. The second kappa shape index (κ2) is 7.37. The normalized spacial score (nSPS) is 11.2. The van der Waals surface area contributed by atoms with Crippen molar-refractivity contribution in [1.29, 1.82) is 5.26 Å². The molecule has 0 aliphatic heterocycles. The van der Waals surface area contributed by atoms with Gasteiger partial charge in [-0.25, -0.2) is 4.98 Å². The van der Waals surface area contributed by atoms with Crippen LogP contribution in [0.25, 0.3) is 11.6 Å². The summed E-state index contributed by atoms with van der Waals surface area (Å²) in [7, 11) is 0. The first kappa shape index (κ1) is 15.7. The van der Waals surface area contributed by atoms with Crippen LogP contribution in [0.5, 0.6) is 0 Å². The number of hydrogen-bond donors (Lipinski definition) is 1. The fourth-order valence-corrected chi connectivity index (χ4v) is 2.24. The van der Waals surface area contributed by atoms with Gasteiger partial charge in [-0.05, 0) is 42.2 Å². The lowest BCUT2D eigenvalue weighted by atomic mass is 10.1. The molecule has 2 aromatic rings. The summed E-state index contributed by atoms with van der Waals surface area (Å²) in [5, 5.41) is 8.83. The molecule has 22 heavy (non-hydrogen) atoms. The molecule has 1 heterocycles. The highest BCUT2D eigenvalue weighted by Gasteiger charge is 2.06. The van der Waals surface area contributed by atoms with E-state index in [0.29, 0.717) is 11.4 Å². The predicted molar refractivity (Wildman–Crippen MR) is 88.2 cm³/mol. The molecule has 0 aliphatic rings. The van der Waals surface area contributed by atoms with Crippen LogP contribution < -0.4 is 5.56 Å². The summed E-state index contributed by atoms with van der Waals surface area (Å²) in [5.41, 5.74) is 3.29. The van der Waals surface area contributed by atoms with Gasteiger partial charge in [-0.15, -0.1) is 0 Å². The number of nitriles is 1. The zero-order chi connectivity index (χ0) is 15.9. The summed E-state index contributed by atoms with van der Waals surface area (Å²) in [6.45, 7) is 4.10. The average molecular weight is 293 g/mol. The molecular weight excluding hydrogens is 274 g/mol. The second-order valence-corrected chi connectivity index (χ2v) is 5.09. The van der Waals surface area contributed by atoms with Crippen LogP contribution >= 0.6 is 0 Å². The molecule has 4 nitrogen and oxygen atoms in total. The lowest BCUT2D eigenvalue weighted by Crippen LogP contribution is -2.12. The quantitative estimate of drug-likeness (QED) is 0.916. The molecule has 1 aromatic heterocycles. The Morgan fingerprint density at radius 2 is 2.05 bits per heavy atom. The highest BCUT2D eigenvalue weighted by Crippen LogP contribution is 2.18. The molecule has 0 saturated carbocycles. The van der Waals surface area contributed by atoms with Crippen molar-refractivity contribution in [2.75, 3.05) is 0 Å². The minimum absolute atomic E-state index is 0.118. The van der Waals surface area contributed by atoms with Gasteiger partial charge in [-0.1, -0.05) is 32.4 Å². The van der Waals surface area contributed by atoms with Gasteiger partial charge in [0.2, 0.25) is 0 Å². The molecule has 0 spiro atoms. The molecule has 0 radical (unpaired) electrons. The standard InChI is InChI=1S/C18H19N3O/c1-3-5-16-11-17(22)21-18(20-16)15(4-2)10-13-6-8-14(12-19)9-7-13/h6-11H,3-5H2,1-2H3,(H,20,21,22). The number of aromatic nitrogens is 2. The summed E-state index contributed by atoms with van der Waals surface area (Å²) in [6, 6.07) is 11.0. The number of rotatable bonds is 5.